The third-order valence-electron chi connectivity index (χ3n) is 4.55. The monoisotopic (exact) mass is 387 g/mol. The lowest BCUT2D eigenvalue weighted by Gasteiger charge is -2.33. The van der Waals surface area contributed by atoms with Gasteiger partial charge in [0.05, 0.1) is 22.8 Å². The Balaban J connectivity index is 1.39. The van der Waals surface area contributed by atoms with Crippen LogP contribution >= 0.6 is 11.6 Å². The Morgan fingerprint density at radius 3 is 2.67 bits per heavy atom. The summed E-state index contributed by atoms with van der Waals surface area (Å²) in [6.07, 6.45) is 0.416. The third-order valence-corrected chi connectivity index (χ3v) is 4.86. The number of halogens is 1. The number of carbonyl (C=O) groups is 1. The van der Waals surface area contributed by atoms with E-state index < -0.39 is 0 Å². The van der Waals surface area contributed by atoms with Gasteiger partial charge >= 0.3 is 0 Å². The number of carbonyl (C=O) groups excluding carboxylic acids is 1. The van der Waals surface area contributed by atoms with Crippen molar-refractivity contribution in [2.24, 2.45) is 0 Å². The number of hydrogen-bond donors (Lipinski definition) is 1. The first-order chi connectivity index (χ1) is 13.0. The Bertz CT molecular complexity index is 837. The molecule has 0 unspecified atom stereocenters. The standard InChI is InChI=1S/C19H22ClN5O2/c1-14-10-17(27-23-14)13-25-8-6-24(7-9-25)5-4-19(26)22-16-3-2-15(12-21)18(20)11-16/h2-3,10-11H,4-9,13H2,1H3,(H,22,26). The molecule has 1 fully saturated rings. The van der Waals surface area contributed by atoms with Gasteiger partial charge in [-0.1, -0.05) is 16.8 Å². The highest BCUT2D eigenvalue weighted by Crippen LogP contribution is 2.20. The highest BCUT2D eigenvalue weighted by molar-refractivity contribution is 6.32. The van der Waals surface area contributed by atoms with Crippen molar-refractivity contribution in [2.45, 2.75) is 19.9 Å². The van der Waals surface area contributed by atoms with Gasteiger partial charge in [0.2, 0.25) is 5.91 Å². The number of nitrogens with one attached hydrogen (secondary N) is 1. The summed E-state index contributed by atoms with van der Waals surface area (Å²) in [6.45, 7) is 7.12. The van der Waals surface area contributed by atoms with Gasteiger partial charge in [-0.2, -0.15) is 5.26 Å². The highest BCUT2D eigenvalue weighted by Gasteiger charge is 2.19. The van der Waals surface area contributed by atoms with Crippen LogP contribution in [-0.2, 0) is 11.3 Å². The molecule has 0 bridgehead atoms. The minimum atomic E-state index is -0.0599. The average molecular weight is 388 g/mol. The number of aryl methyl sites for hydroxylation is 1. The molecule has 1 aromatic carbocycles. The normalized spacial score (nSPS) is 15.4. The van der Waals surface area contributed by atoms with Gasteiger partial charge in [0.15, 0.2) is 5.76 Å². The molecule has 8 heteroatoms. The largest absolute Gasteiger partial charge is 0.360 e. The molecule has 1 aliphatic rings. The van der Waals surface area contributed by atoms with Crippen LogP contribution in [-0.4, -0.2) is 53.6 Å². The number of anilines is 1. The maximum absolute atomic E-state index is 12.2. The minimum absolute atomic E-state index is 0.0599. The van der Waals surface area contributed by atoms with Crippen LogP contribution in [0, 0.1) is 18.3 Å². The number of amides is 1. The fourth-order valence-corrected chi connectivity index (χ4v) is 3.27. The second-order valence-electron chi connectivity index (χ2n) is 6.66. The number of rotatable bonds is 6. The molecule has 0 radical (unpaired) electrons. The molecule has 1 aromatic heterocycles. The van der Waals surface area contributed by atoms with E-state index >= 15 is 0 Å². The Morgan fingerprint density at radius 1 is 1.30 bits per heavy atom. The molecule has 1 aliphatic heterocycles. The molecule has 0 spiro atoms. The molecular formula is C19H22ClN5O2. The smallest absolute Gasteiger partial charge is 0.225 e. The van der Waals surface area contributed by atoms with Crippen molar-refractivity contribution in [2.75, 3.05) is 38.0 Å². The molecule has 7 nitrogen and oxygen atoms in total. The number of benzene rings is 1. The summed E-state index contributed by atoms with van der Waals surface area (Å²) in [5, 5.41) is 16.0. The number of hydrogen-bond acceptors (Lipinski definition) is 6. The van der Waals surface area contributed by atoms with E-state index in [1.54, 1.807) is 18.2 Å². The highest BCUT2D eigenvalue weighted by atomic mass is 35.5. The van der Waals surface area contributed by atoms with Crippen molar-refractivity contribution in [3.05, 3.63) is 46.3 Å². The molecule has 2 heterocycles. The second kappa shape index (κ2) is 9.00. The van der Waals surface area contributed by atoms with Crippen molar-refractivity contribution in [3.63, 3.8) is 0 Å². The molecular weight excluding hydrogens is 366 g/mol. The van der Waals surface area contributed by atoms with Crippen molar-refractivity contribution < 1.29 is 9.32 Å². The summed E-state index contributed by atoms with van der Waals surface area (Å²) >= 11 is 5.99. The average Bonchev–Trinajstić information content (AvgIpc) is 3.06. The Kier molecular flexibility index (Phi) is 6.45. The molecule has 1 saturated heterocycles. The molecule has 2 aromatic rings. The van der Waals surface area contributed by atoms with Gasteiger partial charge in [-0.15, -0.1) is 0 Å². The maximum Gasteiger partial charge on any atom is 0.225 e. The van der Waals surface area contributed by atoms with E-state index in [0.717, 1.165) is 44.2 Å². The Hall–Kier alpha value is -2.40. The van der Waals surface area contributed by atoms with Crippen LogP contribution in [0.3, 0.4) is 0 Å². The van der Waals surface area contributed by atoms with Crippen LogP contribution in [0.25, 0.3) is 0 Å². The van der Waals surface area contributed by atoms with E-state index in [1.807, 2.05) is 19.1 Å². The van der Waals surface area contributed by atoms with Gasteiger partial charge in [0.1, 0.15) is 6.07 Å². The zero-order chi connectivity index (χ0) is 19.2. The maximum atomic E-state index is 12.2. The lowest BCUT2D eigenvalue weighted by Crippen LogP contribution is -2.46. The summed E-state index contributed by atoms with van der Waals surface area (Å²) in [7, 11) is 0. The van der Waals surface area contributed by atoms with E-state index in [2.05, 4.69) is 20.3 Å². The molecule has 1 amide bonds. The molecule has 0 atom stereocenters. The fourth-order valence-electron chi connectivity index (χ4n) is 3.05. The SMILES string of the molecule is Cc1cc(CN2CCN(CCC(=O)Nc3ccc(C#N)c(Cl)c3)CC2)on1. The molecule has 3 rings (SSSR count). The van der Waals surface area contributed by atoms with E-state index in [1.165, 1.54) is 0 Å². The van der Waals surface area contributed by atoms with E-state index in [4.69, 9.17) is 21.4 Å². The van der Waals surface area contributed by atoms with Gasteiger partial charge in [-0.3, -0.25) is 9.69 Å². The zero-order valence-electron chi connectivity index (χ0n) is 15.2. The first-order valence-electron chi connectivity index (χ1n) is 8.90. The minimum Gasteiger partial charge on any atom is -0.360 e. The number of aromatic nitrogens is 1. The van der Waals surface area contributed by atoms with Crippen molar-refractivity contribution in [1.29, 1.82) is 5.26 Å². The number of nitrogens with zero attached hydrogens (tertiary/aromatic N) is 4. The summed E-state index contributed by atoms with van der Waals surface area (Å²) in [5.74, 6) is 0.830. The van der Waals surface area contributed by atoms with E-state index in [-0.39, 0.29) is 5.91 Å². The van der Waals surface area contributed by atoms with Gasteiger partial charge < -0.3 is 14.7 Å². The van der Waals surface area contributed by atoms with Crippen LogP contribution in [0.4, 0.5) is 5.69 Å². The van der Waals surface area contributed by atoms with Crippen LogP contribution in [0.2, 0.25) is 5.02 Å². The van der Waals surface area contributed by atoms with Crippen molar-refractivity contribution in [3.8, 4) is 6.07 Å². The summed E-state index contributed by atoms with van der Waals surface area (Å²) in [5.41, 5.74) is 1.90. The predicted octanol–water partition coefficient (Wildman–Crippen LogP) is 2.65. The lowest BCUT2D eigenvalue weighted by atomic mass is 10.2. The molecule has 27 heavy (non-hydrogen) atoms. The number of nitriles is 1. The third kappa shape index (κ3) is 5.54. The number of piperazine rings is 1. The van der Waals surface area contributed by atoms with Crippen LogP contribution in [0.15, 0.2) is 28.8 Å². The summed E-state index contributed by atoms with van der Waals surface area (Å²) in [4.78, 5) is 16.8. The topological polar surface area (TPSA) is 85.4 Å². The van der Waals surface area contributed by atoms with Crippen LogP contribution in [0.5, 0.6) is 0 Å². The van der Waals surface area contributed by atoms with E-state index in [0.29, 0.717) is 29.2 Å². The summed E-state index contributed by atoms with van der Waals surface area (Å²) < 4.78 is 5.27. The molecule has 0 saturated carbocycles. The van der Waals surface area contributed by atoms with Gasteiger partial charge in [0, 0.05) is 50.9 Å². The van der Waals surface area contributed by atoms with Crippen LogP contribution < -0.4 is 5.32 Å². The zero-order valence-corrected chi connectivity index (χ0v) is 16.0. The van der Waals surface area contributed by atoms with Gasteiger partial charge in [-0.25, -0.2) is 0 Å². The predicted molar refractivity (Wildman–Crippen MR) is 102 cm³/mol. The van der Waals surface area contributed by atoms with E-state index in [9.17, 15) is 4.79 Å². The van der Waals surface area contributed by atoms with Crippen molar-refractivity contribution in [1.82, 2.24) is 15.0 Å². The summed E-state index contributed by atoms with van der Waals surface area (Å²) in [6, 6.07) is 8.85. The quantitative estimate of drug-likeness (QED) is 0.820. The van der Waals surface area contributed by atoms with Crippen molar-refractivity contribution >= 4 is 23.2 Å². The van der Waals surface area contributed by atoms with Gasteiger partial charge in [-0.05, 0) is 25.1 Å². The fraction of sp³-hybridized carbons (Fsp3) is 0.421. The Labute approximate surface area is 163 Å². The lowest BCUT2D eigenvalue weighted by molar-refractivity contribution is -0.116. The first kappa shape index (κ1) is 19.4. The second-order valence-corrected chi connectivity index (χ2v) is 7.06. The molecule has 1 N–H and O–H groups in total. The molecule has 142 valence electrons. The first-order valence-corrected chi connectivity index (χ1v) is 9.27. The Morgan fingerprint density at radius 2 is 2.04 bits per heavy atom. The van der Waals surface area contributed by atoms with Gasteiger partial charge in [0.25, 0.3) is 0 Å². The van der Waals surface area contributed by atoms with Crippen LogP contribution in [0.1, 0.15) is 23.4 Å². The molecule has 0 aliphatic carbocycles.